The van der Waals surface area contributed by atoms with E-state index < -0.39 is 6.10 Å². The van der Waals surface area contributed by atoms with Crippen molar-refractivity contribution < 1.29 is 10.2 Å². The van der Waals surface area contributed by atoms with E-state index in [1.165, 1.54) is 12.8 Å². The van der Waals surface area contributed by atoms with Crippen LogP contribution in [0.2, 0.25) is 0 Å². The van der Waals surface area contributed by atoms with Gasteiger partial charge >= 0.3 is 0 Å². The molecule has 0 amide bonds. The number of nitrogens with zero attached hydrogens (tertiary/aromatic N) is 1. The van der Waals surface area contributed by atoms with Crippen molar-refractivity contribution in [1.29, 1.82) is 0 Å². The highest BCUT2D eigenvalue weighted by atomic mass is 16.3. The van der Waals surface area contributed by atoms with E-state index in [1.54, 1.807) is 0 Å². The molecule has 3 nitrogen and oxygen atoms in total. The standard InChI is InChI=1S/C10H21NO2/c1-8(2)11(5-9-3-4-9)6-10(13)7-12/h8-10,12-13H,3-7H2,1-2H3. The molecule has 3 heteroatoms. The summed E-state index contributed by atoms with van der Waals surface area (Å²) in [5.74, 6) is 0.841. The van der Waals surface area contributed by atoms with Gasteiger partial charge in [-0.3, -0.25) is 4.90 Å². The highest BCUT2D eigenvalue weighted by Gasteiger charge is 2.26. The average Bonchev–Trinajstić information content (AvgIpc) is 2.86. The third-order valence-corrected chi connectivity index (χ3v) is 2.58. The summed E-state index contributed by atoms with van der Waals surface area (Å²) >= 11 is 0. The fraction of sp³-hybridized carbons (Fsp3) is 1.00. The molecule has 1 saturated carbocycles. The van der Waals surface area contributed by atoms with Crippen molar-refractivity contribution in [2.75, 3.05) is 19.7 Å². The van der Waals surface area contributed by atoms with E-state index in [0.717, 1.165) is 12.5 Å². The molecule has 1 unspecified atom stereocenters. The first-order chi connectivity index (χ1) is 6.13. The lowest BCUT2D eigenvalue weighted by Gasteiger charge is -2.28. The molecule has 0 aromatic rings. The number of hydrogen-bond donors (Lipinski definition) is 2. The first-order valence-electron chi connectivity index (χ1n) is 5.16. The molecule has 0 aromatic heterocycles. The maximum atomic E-state index is 9.32. The molecule has 0 aliphatic heterocycles. The molecule has 0 radical (unpaired) electrons. The van der Waals surface area contributed by atoms with Gasteiger partial charge in [0.1, 0.15) is 0 Å². The molecule has 1 aliphatic rings. The molecule has 1 aliphatic carbocycles. The zero-order valence-corrected chi connectivity index (χ0v) is 8.61. The van der Waals surface area contributed by atoms with Gasteiger partial charge in [-0.1, -0.05) is 0 Å². The summed E-state index contributed by atoms with van der Waals surface area (Å²) in [6, 6.07) is 0.460. The monoisotopic (exact) mass is 187 g/mol. The van der Waals surface area contributed by atoms with Gasteiger partial charge in [0.05, 0.1) is 12.7 Å². The lowest BCUT2D eigenvalue weighted by molar-refractivity contribution is 0.0477. The first kappa shape index (κ1) is 11.0. The third kappa shape index (κ3) is 4.07. The minimum absolute atomic E-state index is 0.131. The van der Waals surface area contributed by atoms with Crippen LogP contribution in [0.1, 0.15) is 26.7 Å². The van der Waals surface area contributed by atoms with Crippen LogP contribution < -0.4 is 0 Å². The topological polar surface area (TPSA) is 43.7 Å². The predicted octanol–water partition coefficient (Wildman–Crippen LogP) is 0.460. The van der Waals surface area contributed by atoms with E-state index in [-0.39, 0.29) is 6.61 Å². The van der Waals surface area contributed by atoms with E-state index in [2.05, 4.69) is 18.7 Å². The van der Waals surface area contributed by atoms with Crippen LogP contribution in [0.3, 0.4) is 0 Å². The molecule has 0 saturated heterocycles. The second kappa shape index (κ2) is 4.94. The molecular formula is C10H21NO2. The normalized spacial score (nSPS) is 19.8. The zero-order chi connectivity index (χ0) is 9.84. The second-order valence-electron chi connectivity index (χ2n) is 4.33. The lowest BCUT2D eigenvalue weighted by Crippen LogP contribution is -2.40. The molecule has 0 aromatic carbocycles. The minimum Gasteiger partial charge on any atom is -0.394 e. The summed E-state index contributed by atoms with van der Waals surface area (Å²) in [6.07, 6.45) is 2.08. The highest BCUT2D eigenvalue weighted by molar-refractivity contribution is 4.79. The summed E-state index contributed by atoms with van der Waals surface area (Å²) in [5.41, 5.74) is 0. The van der Waals surface area contributed by atoms with Gasteiger partial charge in [0.15, 0.2) is 0 Å². The van der Waals surface area contributed by atoms with Crippen LogP contribution in [0.15, 0.2) is 0 Å². The van der Waals surface area contributed by atoms with E-state index in [4.69, 9.17) is 5.11 Å². The van der Waals surface area contributed by atoms with Crippen LogP contribution in [0.4, 0.5) is 0 Å². The van der Waals surface area contributed by atoms with Gasteiger partial charge in [0.2, 0.25) is 0 Å². The Morgan fingerprint density at radius 2 is 2.00 bits per heavy atom. The third-order valence-electron chi connectivity index (χ3n) is 2.58. The van der Waals surface area contributed by atoms with E-state index in [0.29, 0.717) is 12.6 Å². The average molecular weight is 187 g/mol. The van der Waals surface area contributed by atoms with E-state index in [1.807, 2.05) is 0 Å². The summed E-state index contributed by atoms with van der Waals surface area (Å²) in [4.78, 5) is 2.25. The number of aliphatic hydroxyl groups excluding tert-OH is 2. The van der Waals surface area contributed by atoms with Crippen molar-refractivity contribution in [2.45, 2.75) is 38.8 Å². The molecule has 0 bridgehead atoms. The molecule has 0 heterocycles. The Bertz CT molecular complexity index is 146. The highest BCUT2D eigenvalue weighted by Crippen LogP contribution is 2.30. The van der Waals surface area contributed by atoms with Crippen LogP contribution in [0, 0.1) is 5.92 Å². The largest absolute Gasteiger partial charge is 0.394 e. The van der Waals surface area contributed by atoms with Crippen molar-refractivity contribution in [2.24, 2.45) is 5.92 Å². The summed E-state index contributed by atoms with van der Waals surface area (Å²) in [6.45, 7) is 5.81. The molecule has 1 atom stereocenters. The number of aliphatic hydroxyl groups is 2. The van der Waals surface area contributed by atoms with Crippen LogP contribution >= 0.6 is 0 Å². The van der Waals surface area contributed by atoms with Crippen LogP contribution in [-0.4, -0.2) is 47.0 Å². The predicted molar refractivity (Wildman–Crippen MR) is 52.5 cm³/mol. The van der Waals surface area contributed by atoms with Gasteiger partial charge < -0.3 is 10.2 Å². The molecule has 2 N–H and O–H groups in total. The Hall–Kier alpha value is -0.120. The molecule has 78 valence electrons. The van der Waals surface area contributed by atoms with E-state index in [9.17, 15) is 5.11 Å². The van der Waals surface area contributed by atoms with Crippen LogP contribution in [0.25, 0.3) is 0 Å². The minimum atomic E-state index is -0.582. The molecule has 13 heavy (non-hydrogen) atoms. The molecule has 0 spiro atoms. The Kier molecular flexibility index (Phi) is 4.16. The van der Waals surface area contributed by atoms with Crippen molar-refractivity contribution in [1.82, 2.24) is 4.90 Å². The molecule has 1 fully saturated rings. The van der Waals surface area contributed by atoms with Crippen molar-refractivity contribution in [3.05, 3.63) is 0 Å². The van der Waals surface area contributed by atoms with Gasteiger partial charge in [-0.05, 0) is 32.6 Å². The molecule has 1 rings (SSSR count). The van der Waals surface area contributed by atoms with Gasteiger partial charge in [-0.15, -0.1) is 0 Å². The van der Waals surface area contributed by atoms with Crippen molar-refractivity contribution >= 4 is 0 Å². The SMILES string of the molecule is CC(C)N(CC(O)CO)CC1CC1. The Balaban J connectivity index is 2.27. The zero-order valence-electron chi connectivity index (χ0n) is 8.61. The Morgan fingerprint density at radius 3 is 2.38 bits per heavy atom. The van der Waals surface area contributed by atoms with Crippen LogP contribution in [-0.2, 0) is 0 Å². The second-order valence-corrected chi connectivity index (χ2v) is 4.33. The van der Waals surface area contributed by atoms with Crippen molar-refractivity contribution in [3.8, 4) is 0 Å². The number of hydrogen-bond acceptors (Lipinski definition) is 3. The quantitative estimate of drug-likeness (QED) is 0.635. The Morgan fingerprint density at radius 1 is 1.38 bits per heavy atom. The summed E-state index contributed by atoms with van der Waals surface area (Å²) in [5, 5.41) is 18.1. The van der Waals surface area contributed by atoms with Gasteiger partial charge in [0, 0.05) is 19.1 Å². The first-order valence-corrected chi connectivity index (χ1v) is 5.16. The van der Waals surface area contributed by atoms with Gasteiger partial charge in [-0.2, -0.15) is 0 Å². The maximum Gasteiger partial charge on any atom is 0.0897 e. The fourth-order valence-electron chi connectivity index (χ4n) is 1.46. The maximum absolute atomic E-state index is 9.32. The Labute approximate surface area is 80.4 Å². The fourth-order valence-corrected chi connectivity index (χ4v) is 1.46. The van der Waals surface area contributed by atoms with Gasteiger partial charge in [-0.25, -0.2) is 0 Å². The lowest BCUT2D eigenvalue weighted by atomic mass is 10.2. The van der Waals surface area contributed by atoms with E-state index >= 15 is 0 Å². The summed E-state index contributed by atoms with van der Waals surface area (Å²) in [7, 11) is 0. The van der Waals surface area contributed by atoms with Gasteiger partial charge in [0.25, 0.3) is 0 Å². The van der Waals surface area contributed by atoms with Crippen LogP contribution in [0.5, 0.6) is 0 Å². The molecular weight excluding hydrogens is 166 g/mol. The number of rotatable bonds is 6. The summed E-state index contributed by atoms with van der Waals surface area (Å²) < 4.78 is 0. The smallest absolute Gasteiger partial charge is 0.0897 e. The van der Waals surface area contributed by atoms with Crippen molar-refractivity contribution in [3.63, 3.8) is 0 Å².